The van der Waals surface area contributed by atoms with E-state index < -0.39 is 10.0 Å². The number of nitrogens with two attached hydrogens (primary N) is 1. The van der Waals surface area contributed by atoms with Gasteiger partial charge in [0.1, 0.15) is 4.90 Å². The molecule has 0 bridgehead atoms. The first-order chi connectivity index (χ1) is 8.82. The lowest BCUT2D eigenvalue weighted by Crippen LogP contribution is -2.39. The van der Waals surface area contributed by atoms with Crippen molar-refractivity contribution in [3.63, 3.8) is 0 Å². The third kappa shape index (κ3) is 3.26. The summed E-state index contributed by atoms with van der Waals surface area (Å²) in [5, 5.41) is 3.84. The van der Waals surface area contributed by atoms with Crippen LogP contribution in [0.2, 0.25) is 0 Å². The Labute approximate surface area is 113 Å². The van der Waals surface area contributed by atoms with Gasteiger partial charge in [-0.3, -0.25) is 4.68 Å². The summed E-state index contributed by atoms with van der Waals surface area (Å²) < 4.78 is 33.7. The number of ether oxygens (including phenoxy) is 1. The number of nitrogen functional groups attached to an aromatic ring is 1. The van der Waals surface area contributed by atoms with Crippen LogP contribution in [0.15, 0.2) is 11.1 Å². The molecule has 1 saturated heterocycles. The average molecular weight is 288 g/mol. The smallest absolute Gasteiger partial charge is 0.245 e. The Balaban J connectivity index is 2.07. The molecule has 3 N–H and O–H groups in total. The Bertz CT molecular complexity index is 546. The summed E-state index contributed by atoms with van der Waals surface area (Å²) in [5.41, 5.74) is 5.53. The molecule has 1 aromatic rings. The molecule has 1 aromatic heterocycles. The minimum atomic E-state index is -3.61. The molecule has 0 aromatic carbocycles. The fraction of sp³-hybridized carbons (Fsp3) is 0.727. The number of hydrogen-bond acceptors (Lipinski definition) is 5. The van der Waals surface area contributed by atoms with Gasteiger partial charge in [0.25, 0.3) is 0 Å². The average Bonchev–Trinajstić information content (AvgIpc) is 2.68. The number of nitrogens with one attached hydrogen (secondary N) is 1. The van der Waals surface area contributed by atoms with Gasteiger partial charge in [-0.15, -0.1) is 0 Å². The van der Waals surface area contributed by atoms with Crippen molar-refractivity contribution in [3.05, 3.63) is 6.20 Å². The highest BCUT2D eigenvalue weighted by Gasteiger charge is 2.30. The van der Waals surface area contributed by atoms with E-state index >= 15 is 0 Å². The number of sulfonamides is 1. The van der Waals surface area contributed by atoms with E-state index in [1.165, 1.54) is 10.9 Å². The van der Waals surface area contributed by atoms with Crippen molar-refractivity contribution in [2.75, 3.05) is 25.5 Å². The molecule has 2 rings (SSSR count). The van der Waals surface area contributed by atoms with Gasteiger partial charge in [-0.05, 0) is 18.3 Å². The third-order valence-corrected chi connectivity index (χ3v) is 4.92. The number of rotatable bonds is 4. The Morgan fingerprint density at radius 1 is 1.53 bits per heavy atom. The van der Waals surface area contributed by atoms with Crippen LogP contribution in [0.1, 0.15) is 19.8 Å². The third-order valence-electron chi connectivity index (χ3n) is 3.50. The molecule has 108 valence electrons. The van der Waals surface area contributed by atoms with Crippen molar-refractivity contribution in [3.8, 4) is 0 Å². The lowest BCUT2D eigenvalue weighted by Gasteiger charge is -2.33. The molecule has 0 unspecified atom stereocenters. The summed E-state index contributed by atoms with van der Waals surface area (Å²) in [4.78, 5) is 0.0330. The van der Waals surface area contributed by atoms with Crippen LogP contribution < -0.4 is 10.5 Å². The van der Waals surface area contributed by atoms with Gasteiger partial charge in [0.05, 0.1) is 0 Å². The molecule has 19 heavy (non-hydrogen) atoms. The highest BCUT2D eigenvalue weighted by molar-refractivity contribution is 7.89. The SMILES string of the molecule is Cn1cc(S(=O)(=O)NCC2(C)CCOCC2)c(N)n1. The van der Waals surface area contributed by atoms with E-state index in [2.05, 4.69) is 16.7 Å². The van der Waals surface area contributed by atoms with Gasteiger partial charge in [0.15, 0.2) is 5.82 Å². The minimum Gasteiger partial charge on any atom is -0.381 e. The van der Waals surface area contributed by atoms with Gasteiger partial charge in [0.2, 0.25) is 10.0 Å². The van der Waals surface area contributed by atoms with Crippen LogP contribution in [0, 0.1) is 5.41 Å². The first-order valence-corrected chi connectivity index (χ1v) is 7.67. The van der Waals surface area contributed by atoms with Crippen molar-refractivity contribution in [2.24, 2.45) is 12.5 Å². The largest absolute Gasteiger partial charge is 0.381 e. The maximum absolute atomic E-state index is 12.2. The molecule has 1 aliphatic rings. The van der Waals surface area contributed by atoms with Crippen molar-refractivity contribution in [2.45, 2.75) is 24.7 Å². The number of anilines is 1. The van der Waals surface area contributed by atoms with Gasteiger partial charge in [-0.25, -0.2) is 13.1 Å². The standard InChI is InChI=1S/C11H20N4O3S/c1-11(3-5-18-6-4-11)8-13-19(16,17)9-7-15(2)14-10(9)12/h7,13H,3-6,8H2,1-2H3,(H2,12,14). The normalized spacial score (nSPS) is 19.5. The molecule has 0 radical (unpaired) electrons. The summed E-state index contributed by atoms with van der Waals surface area (Å²) in [5.74, 6) is 0.0205. The van der Waals surface area contributed by atoms with E-state index in [0.29, 0.717) is 19.8 Å². The Kier molecular flexibility index (Phi) is 3.84. The van der Waals surface area contributed by atoms with Crippen molar-refractivity contribution >= 4 is 15.8 Å². The quantitative estimate of drug-likeness (QED) is 0.818. The Hall–Kier alpha value is -1.12. The van der Waals surface area contributed by atoms with Crippen LogP contribution in [0.3, 0.4) is 0 Å². The topological polar surface area (TPSA) is 99.2 Å². The molecular formula is C11H20N4O3S. The highest BCUT2D eigenvalue weighted by atomic mass is 32.2. The zero-order chi connectivity index (χ0) is 14.1. The van der Waals surface area contributed by atoms with E-state index in [9.17, 15) is 8.42 Å². The molecule has 0 saturated carbocycles. The second-order valence-corrected chi connectivity index (χ2v) is 7.04. The van der Waals surface area contributed by atoms with Gasteiger partial charge >= 0.3 is 0 Å². The Morgan fingerprint density at radius 3 is 2.68 bits per heavy atom. The van der Waals surface area contributed by atoms with E-state index in [1.54, 1.807) is 7.05 Å². The monoisotopic (exact) mass is 288 g/mol. The molecule has 0 spiro atoms. The fourth-order valence-electron chi connectivity index (χ4n) is 2.08. The molecule has 2 heterocycles. The maximum Gasteiger partial charge on any atom is 0.245 e. The minimum absolute atomic E-state index is 0.0205. The van der Waals surface area contributed by atoms with Gasteiger partial charge in [-0.1, -0.05) is 6.92 Å². The van der Waals surface area contributed by atoms with Crippen LogP contribution in [-0.4, -0.2) is 38.0 Å². The lowest BCUT2D eigenvalue weighted by atomic mass is 9.83. The lowest BCUT2D eigenvalue weighted by molar-refractivity contribution is 0.0265. The molecular weight excluding hydrogens is 268 g/mol. The van der Waals surface area contributed by atoms with Crippen molar-refractivity contribution < 1.29 is 13.2 Å². The van der Waals surface area contributed by atoms with Crippen molar-refractivity contribution in [1.82, 2.24) is 14.5 Å². The molecule has 0 amide bonds. The van der Waals surface area contributed by atoms with Gasteiger partial charge in [0, 0.05) is 33.0 Å². The van der Waals surface area contributed by atoms with Crippen molar-refractivity contribution in [1.29, 1.82) is 0 Å². The van der Waals surface area contributed by atoms with E-state index in [4.69, 9.17) is 10.5 Å². The number of aryl methyl sites for hydroxylation is 1. The maximum atomic E-state index is 12.2. The summed E-state index contributed by atoms with van der Waals surface area (Å²) in [6, 6.07) is 0. The molecule has 1 fully saturated rings. The fourth-order valence-corrected chi connectivity index (χ4v) is 3.38. The summed E-state index contributed by atoms with van der Waals surface area (Å²) in [6.07, 6.45) is 3.10. The second-order valence-electron chi connectivity index (χ2n) is 5.30. The van der Waals surface area contributed by atoms with E-state index in [0.717, 1.165) is 12.8 Å². The van der Waals surface area contributed by atoms with Crippen LogP contribution in [0.4, 0.5) is 5.82 Å². The molecule has 0 atom stereocenters. The predicted octanol–water partition coefficient (Wildman–Crippen LogP) is 0.0973. The van der Waals surface area contributed by atoms with Gasteiger partial charge in [-0.2, -0.15) is 5.10 Å². The first kappa shape index (κ1) is 14.3. The van der Waals surface area contributed by atoms with E-state index in [-0.39, 0.29) is 16.1 Å². The summed E-state index contributed by atoms with van der Waals surface area (Å²) in [7, 11) is -1.97. The number of aromatic nitrogens is 2. The molecule has 7 nitrogen and oxygen atoms in total. The highest BCUT2D eigenvalue weighted by Crippen LogP contribution is 2.29. The Morgan fingerprint density at radius 2 is 2.16 bits per heavy atom. The zero-order valence-corrected chi connectivity index (χ0v) is 12.0. The van der Waals surface area contributed by atoms with Crippen LogP contribution in [-0.2, 0) is 21.8 Å². The first-order valence-electron chi connectivity index (χ1n) is 6.19. The van der Waals surface area contributed by atoms with E-state index in [1.807, 2.05) is 0 Å². The number of hydrogen-bond donors (Lipinski definition) is 2. The van der Waals surface area contributed by atoms with Crippen LogP contribution in [0.5, 0.6) is 0 Å². The van der Waals surface area contributed by atoms with Crippen LogP contribution in [0.25, 0.3) is 0 Å². The summed E-state index contributed by atoms with van der Waals surface area (Å²) in [6.45, 7) is 3.79. The molecule has 1 aliphatic heterocycles. The second kappa shape index (κ2) is 5.10. The molecule has 8 heteroatoms. The van der Waals surface area contributed by atoms with Crippen LogP contribution >= 0.6 is 0 Å². The number of nitrogens with zero attached hydrogens (tertiary/aromatic N) is 2. The molecule has 0 aliphatic carbocycles. The predicted molar refractivity (Wildman–Crippen MR) is 71.0 cm³/mol. The van der Waals surface area contributed by atoms with Gasteiger partial charge < -0.3 is 10.5 Å². The zero-order valence-electron chi connectivity index (χ0n) is 11.2. The summed E-state index contributed by atoms with van der Waals surface area (Å²) >= 11 is 0.